The van der Waals surface area contributed by atoms with Crippen LogP contribution in [0.3, 0.4) is 0 Å². The van der Waals surface area contributed by atoms with Crippen LogP contribution in [0.15, 0.2) is 66.2 Å². The van der Waals surface area contributed by atoms with Gasteiger partial charge in [0.15, 0.2) is 0 Å². The van der Waals surface area contributed by atoms with Gasteiger partial charge in [0.2, 0.25) is 0 Å². The molecule has 36 heavy (non-hydrogen) atoms. The lowest BCUT2D eigenvalue weighted by Crippen LogP contribution is -2.54. The summed E-state index contributed by atoms with van der Waals surface area (Å²) in [5.74, 6) is -0.143. The molecule has 0 atom stereocenters. The lowest BCUT2D eigenvalue weighted by molar-refractivity contribution is -0.122. The summed E-state index contributed by atoms with van der Waals surface area (Å²) in [7, 11) is 1.59. The number of hydrogen-bond donors (Lipinski definition) is 1. The van der Waals surface area contributed by atoms with Gasteiger partial charge in [-0.2, -0.15) is 0 Å². The Morgan fingerprint density at radius 3 is 2.19 bits per heavy atom. The van der Waals surface area contributed by atoms with E-state index in [1.54, 1.807) is 37.4 Å². The number of barbiturate groups is 1. The third-order valence-electron chi connectivity index (χ3n) is 5.83. The highest BCUT2D eigenvalue weighted by molar-refractivity contribution is 6.39. The second-order valence-electron chi connectivity index (χ2n) is 8.62. The summed E-state index contributed by atoms with van der Waals surface area (Å²) in [5, 5.41) is 2.28. The van der Waals surface area contributed by atoms with Crippen LogP contribution in [0.5, 0.6) is 11.5 Å². The first kappa shape index (κ1) is 24.7. The van der Waals surface area contributed by atoms with E-state index in [1.807, 2.05) is 32.9 Å². The molecule has 4 amide bonds. The predicted octanol–water partition coefficient (Wildman–Crippen LogP) is 4.97. The number of carbonyl (C=O) groups excluding carboxylic acids is 3. The Balaban J connectivity index is 1.72. The van der Waals surface area contributed by atoms with Gasteiger partial charge in [-0.1, -0.05) is 35.4 Å². The van der Waals surface area contributed by atoms with Crippen LogP contribution in [0.2, 0.25) is 0 Å². The SMILES string of the molecule is CCOc1ccc(N2C(=O)NC(=O)/C(=C\c3ccc(OC)cc3Cc3cc(C)cc(C)c3)C2=O)cc1. The number of anilines is 1. The van der Waals surface area contributed by atoms with Gasteiger partial charge in [-0.25, -0.2) is 9.69 Å². The lowest BCUT2D eigenvalue weighted by Gasteiger charge is -2.26. The fraction of sp³-hybridized carbons (Fsp3) is 0.207. The van der Waals surface area contributed by atoms with Gasteiger partial charge in [0, 0.05) is 0 Å². The fourth-order valence-electron chi connectivity index (χ4n) is 4.30. The largest absolute Gasteiger partial charge is 0.497 e. The molecule has 0 aliphatic carbocycles. The van der Waals surface area contributed by atoms with Crippen LogP contribution in [-0.2, 0) is 16.0 Å². The van der Waals surface area contributed by atoms with Crippen molar-refractivity contribution < 1.29 is 23.9 Å². The van der Waals surface area contributed by atoms with Crippen LogP contribution in [0, 0.1) is 13.8 Å². The van der Waals surface area contributed by atoms with Gasteiger partial charge in [-0.05, 0) is 86.4 Å². The summed E-state index contributed by atoms with van der Waals surface area (Å²) in [6.07, 6.45) is 2.11. The van der Waals surface area contributed by atoms with E-state index in [0.717, 1.165) is 27.2 Å². The van der Waals surface area contributed by atoms with Crippen molar-refractivity contribution in [3.8, 4) is 11.5 Å². The molecule has 0 radical (unpaired) electrons. The Hall–Kier alpha value is -4.39. The monoisotopic (exact) mass is 484 g/mol. The first-order chi connectivity index (χ1) is 17.3. The van der Waals surface area contributed by atoms with Crippen LogP contribution in [0.25, 0.3) is 6.08 Å². The van der Waals surface area contributed by atoms with Crippen molar-refractivity contribution in [1.82, 2.24) is 5.32 Å². The number of amides is 4. The quantitative estimate of drug-likeness (QED) is 0.378. The Morgan fingerprint density at radius 2 is 1.56 bits per heavy atom. The molecule has 0 spiro atoms. The molecule has 1 fully saturated rings. The number of methoxy groups -OCH3 is 1. The number of nitrogens with one attached hydrogen (secondary N) is 1. The molecular weight excluding hydrogens is 456 g/mol. The number of aryl methyl sites for hydroxylation is 2. The highest BCUT2D eigenvalue weighted by atomic mass is 16.5. The summed E-state index contributed by atoms with van der Waals surface area (Å²) in [6.45, 7) is 6.45. The van der Waals surface area contributed by atoms with Crippen LogP contribution in [0.1, 0.15) is 34.7 Å². The maximum Gasteiger partial charge on any atom is 0.335 e. The zero-order valence-corrected chi connectivity index (χ0v) is 20.8. The Labute approximate surface area is 210 Å². The van der Waals surface area contributed by atoms with E-state index in [4.69, 9.17) is 9.47 Å². The molecule has 0 aromatic heterocycles. The molecule has 3 aromatic rings. The van der Waals surface area contributed by atoms with Crippen molar-refractivity contribution in [3.05, 3.63) is 94.1 Å². The van der Waals surface area contributed by atoms with Crippen LogP contribution < -0.4 is 19.7 Å². The number of ether oxygens (including phenoxy) is 2. The molecule has 1 N–H and O–H groups in total. The molecule has 1 saturated heterocycles. The molecule has 1 heterocycles. The summed E-state index contributed by atoms with van der Waals surface area (Å²) in [5.41, 5.74) is 5.19. The van der Waals surface area contributed by atoms with Gasteiger partial charge in [-0.3, -0.25) is 14.9 Å². The molecule has 1 aliphatic heterocycles. The van der Waals surface area contributed by atoms with Crippen molar-refractivity contribution in [1.29, 1.82) is 0 Å². The van der Waals surface area contributed by atoms with E-state index in [2.05, 4.69) is 23.5 Å². The number of imide groups is 2. The summed E-state index contributed by atoms with van der Waals surface area (Å²) in [4.78, 5) is 39.6. The smallest absolute Gasteiger partial charge is 0.335 e. The fourth-order valence-corrected chi connectivity index (χ4v) is 4.30. The molecule has 7 nitrogen and oxygen atoms in total. The number of benzene rings is 3. The molecule has 184 valence electrons. The molecule has 4 rings (SSSR count). The number of hydrogen-bond acceptors (Lipinski definition) is 5. The average molecular weight is 485 g/mol. The normalized spacial score (nSPS) is 14.7. The molecular formula is C29H28N2O5. The van der Waals surface area contributed by atoms with Gasteiger partial charge in [0.1, 0.15) is 17.1 Å². The number of rotatable bonds is 7. The summed E-state index contributed by atoms with van der Waals surface area (Å²) < 4.78 is 10.8. The van der Waals surface area contributed by atoms with E-state index >= 15 is 0 Å². The van der Waals surface area contributed by atoms with Gasteiger partial charge in [-0.15, -0.1) is 0 Å². The zero-order chi connectivity index (χ0) is 25.8. The summed E-state index contributed by atoms with van der Waals surface area (Å²) >= 11 is 0. The lowest BCUT2D eigenvalue weighted by atomic mass is 9.95. The van der Waals surface area contributed by atoms with Crippen LogP contribution >= 0.6 is 0 Å². The predicted molar refractivity (Wildman–Crippen MR) is 138 cm³/mol. The molecule has 0 bridgehead atoms. The van der Waals surface area contributed by atoms with Crippen LogP contribution in [0.4, 0.5) is 10.5 Å². The maximum absolute atomic E-state index is 13.4. The second-order valence-corrected chi connectivity index (χ2v) is 8.62. The van der Waals surface area contributed by atoms with Crippen molar-refractivity contribution in [2.75, 3.05) is 18.6 Å². The Morgan fingerprint density at radius 1 is 0.889 bits per heavy atom. The van der Waals surface area contributed by atoms with Gasteiger partial charge >= 0.3 is 6.03 Å². The second kappa shape index (κ2) is 10.5. The highest BCUT2D eigenvalue weighted by Crippen LogP contribution is 2.27. The van der Waals surface area contributed by atoms with Crippen molar-refractivity contribution in [2.24, 2.45) is 0 Å². The van der Waals surface area contributed by atoms with E-state index in [0.29, 0.717) is 35.8 Å². The van der Waals surface area contributed by atoms with E-state index in [-0.39, 0.29) is 5.57 Å². The maximum atomic E-state index is 13.4. The zero-order valence-electron chi connectivity index (χ0n) is 20.8. The van der Waals surface area contributed by atoms with Gasteiger partial charge in [0.25, 0.3) is 11.8 Å². The van der Waals surface area contributed by atoms with Crippen molar-refractivity contribution in [2.45, 2.75) is 27.2 Å². The topological polar surface area (TPSA) is 84.9 Å². The third kappa shape index (κ3) is 5.30. The van der Waals surface area contributed by atoms with Gasteiger partial charge in [0.05, 0.1) is 19.4 Å². The van der Waals surface area contributed by atoms with E-state index < -0.39 is 17.8 Å². The minimum absolute atomic E-state index is 0.129. The molecule has 7 heteroatoms. The minimum Gasteiger partial charge on any atom is -0.497 e. The standard InChI is InChI=1S/C29H28N2O5/c1-5-36-24-10-7-23(8-11-24)31-28(33)26(27(32)30-29(31)34)17-21-6-9-25(35-4)16-22(21)15-20-13-18(2)12-19(3)14-20/h6-14,16-17H,5,15H2,1-4H3,(H,30,32,34)/b26-17+. The van der Waals surface area contributed by atoms with E-state index in [9.17, 15) is 14.4 Å². The molecule has 3 aromatic carbocycles. The first-order valence-corrected chi connectivity index (χ1v) is 11.7. The third-order valence-corrected chi connectivity index (χ3v) is 5.83. The molecule has 1 aliphatic rings. The van der Waals surface area contributed by atoms with Crippen molar-refractivity contribution in [3.63, 3.8) is 0 Å². The van der Waals surface area contributed by atoms with Crippen molar-refractivity contribution >= 4 is 29.6 Å². The molecule has 0 unspecified atom stereocenters. The number of nitrogens with zero attached hydrogens (tertiary/aromatic N) is 1. The number of carbonyl (C=O) groups is 3. The Kier molecular flexibility index (Phi) is 7.20. The average Bonchev–Trinajstić information content (AvgIpc) is 2.83. The van der Waals surface area contributed by atoms with E-state index in [1.165, 1.54) is 6.08 Å². The van der Waals surface area contributed by atoms with Crippen LogP contribution in [-0.4, -0.2) is 31.6 Å². The Bertz CT molecular complexity index is 1340. The molecule has 0 saturated carbocycles. The number of urea groups is 1. The first-order valence-electron chi connectivity index (χ1n) is 11.7. The minimum atomic E-state index is -0.795. The highest BCUT2D eigenvalue weighted by Gasteiger charge is 2.37. The summed E-state index contributed by atoms with van der Waals surface area (Å²) in [6, 6.07) is 17.6. The van der Waals surface area contributed by atoms with Gasteiger partial charge < -0.3 is 9.47 Å².